The van der Waals surface area contributed by atoms with Crippen LogP contribution in [0.3, 0.4) is 0 Å². The van der Waals surface area contributed by atoms with Crippen molar-refractivity contribution in [1.29, 1.82) is 0 Å². The van der Waals surface area contributed by atoms with E-state index >= 15 is 0 Å². The highest BCUT2D eigenvalue weighted by Gasteiger charge is 2.11. The molecule has 0 aliphatic rings. The maximum Gasteiger partial charge on any atom is 0.150 e. The topological polar surface area (TPSA) is 60.2 Å². The molecule has 0 aromatic carbocycles. The highest BCUT2D eigenvalue weighted by Crippen LogP contribution is 2.12. The van der Waals surface area contributed by atoms with Crippen LogP contribution < -0.4 is 5.73 Å². The van der Waals surface area contributed by atoms with E-state index in [1.807, 2.05) is 0 Å². The molecule has 0 aromatic heterocycles. The largest absolute Gasteiger partial charge is 0.328 e. The van der Waals surface area contributed by atoms with Crippen molar-refractivity contribution in [2.24, 2.45) is 11.7 Å². The quantitative estimate of drug-likeness (QED) is 0.699. The van der Waals surface area contributed by atoms with Crippen molar-refractivity contribution in [2.45, 2.75) is 52.5 Å². The molecule has 2 N–H and O–H groups in total. The van der Waals surface area contributed by atoms with Gasteiger partial charge in [-0.1, -0.05) is 27.2 Å². The average molecular weight is 235 g/mol. The first kappa shape index (κ1) is 14.9. The molecule has 3 nitrogen and oxygen atoms in total. The minimum atomic E-state index is -2.80. The van der Waals surface area contributed by atoms with Gasteiger partial charge in [-0.3, -0.25) is 0 Å². The second kappa shape index (κ2) is 7.23. The fourth-order valence-corrected chi connectivity index (χ4v) is 2.41. The molecule has 92 valence electrons. The highest BCUT2D eigenvalue weighted by atomic mass is 32.2. The van der Waals surface area contributed by atoms with Crippen molar-refractivity contribution < 1.29 is 8.42 Å². The predicted molar refractivity (Wildman–Crippen MR) is 65.6 cm³/mol. The van der Waals surface area contributed by atoms with Crippen LogP contribution in [-0.4, -0.2) is 26.0 Å². The molecule has 0 aromatic rings. The maximum absolute atomic E-state index is 11.2. The van der Waals surface area contributed by atoms with E-state index in [0.29, 0.717) is 12.3 Å². The fraction of sp³-hybridized carbons (Fsp3) is 1.00. The van der Waals surface area contributed by atoms with Gasteiger partial charge in [-0.05, 0) is 25.2 Å². The van der Waals surface area contributed by atoms with Gasteiger partial charge in [0.15, 0.2) is 0 Å². The molecular formula is C11H25NO2S. The Morgan fingerprint density at radius 1 is 1.27 bits per heavy atom. The molecule has 4 heteroatoms. The van der Waals surface area contributed by atoms with Crippen molar-refractivity contribution in [2.75, 3.05) is 11.5 Å². The van der Waals surface area contributed by atoms with Crippen LogP contribution in [0, 0.1) is 5.92 Å². The van der Waals surface area contributed by atoms with Crippen molar-refractivity contribution in [3.05, 3.63) is 0 Å². The molecule has 0 aliphatic carbocycles. The van der Waals surface area contributed by atoms with Gasteiger partial charge in [-0.25, -0.2) is 8.42 Å². The Labute approximate surface area is 94.4 Å². The lowest BCUT2D eigenvalue weighted by Crippen LogP contribution is -2.23. The van der Waals surface area contributed by atoms with E-state index in [1.165, 1.54) is 0 Å². The lowest BCUT2D eigenvalue weighted by molar-refractivity contribution is 0.433. The van der Waals surface area contributed by atoms with E-state index in [-0.39, 0.29) is 17.5 Å². The minimum absolute atomic E-state index is 0.159. The smallest absolute Gasteiger partial charge is 0.150 e. The van der Waals surface area contributed by atoms with Crippen LogP contribution in [0.2, 0.25) is 0 Å². The van der Waals surface area contributed by atoms with E-state index in [0.717, 1.165) is 19.3 Å². The zero-order chi connectivity index (χ0) is 11.9. The second-order valence-corrected chi connectivity index (χ2v) is 6.86. The van der Waals surface area contributed by atoms with Crippen LogP contribution in [0.15, 0.2) is 0 Å². The van der Waals surface area contributed by atoms with Crippen LogP contribution in [0.4, 0.5) is 0 Å². The van der Waals surface area contributed by atoms with Gasteiger partial charge in [-0.2, -0.15) is 0 Å². The lowest BCUT2D eigenvalue weighted by Gasteiger charge is -2.15. The Balaban J connectivity index is 3.68. The van der Waals surface area contributed by atoms with E-state index in [9.17, 15) is 8.42 Å². The first-order chi connectivity index (χ1) is 6.91. The van der Waals surface area contributed by atoms with Crippen molar-refractivity contribution >= 4 is 9.84 Å². The Morgan fingerprint density at radius 3 is 2.33 bits per heavy atom. The van der Waals surface area contributed by atoms with Crippen molar-refractivity contribution in [3.63, 3.8) is 0 Å². The second-order valence-electron chi connectivity index (χ2n) is 4.39. The van der Waals surface area contributed by atoms with Crippen molar-refractivity contribution in [1.82, 2.24) is 0 Å². The average Bonchev–Trinajstić information content (AvgIpc) is 2.17. The number of hydrogen-bond acceptors (Lipinski definition) is 3. The summed E-state index contributed by atoms with van der Waals surface area (Å²) >= 11 is 0. The standard InChI is InChI=1S/C11H25NO2S/c1-4-10(3)9-11(12)7-6-8-15(13,14)5-2/h10-11H,4-9,12H2,1-3H3. The molecular weight excluding hydrogens is 210 g/mol. The predicted octanol–water partition coefficient (Wildman–Crippen LogP) is 1.96. The molecule has 0 bridgehead atoms. The van der Waals surface area contributed by atoms with Crippen LogP contribution >= 0.6 is 0 Å². The fourth-order valence-electron chi connectivity index (χ4n) is 1.51. The molecule has 0 radical (unpaired) electrons. The van der Waals surface area contributed by atoms with Crippen LogP contribution in [0.1, 0.15) is 46.5 Å². The maximum atomic E-state index is 11.2. The SMILES string of the molecule is CCC(C)CC(N)CCCS(=O)(=O)CC. The van der Waals surface area contributed by atoms with Gasteiger partial charge in [0.05, 0.1) is 5.75 Å². The molecule has 0 heterocycles. The first-order valence-electron chi connectivity index (χ1n) is 5.87. The third kappa shape index (κ3) is 7.79. The zero-order valence-electron chi connectivity index (χ0n) is 10.2. The molecule has 2 unspecified atom stereocenters. The molecule has 0 saturated heterocycles. The molecule has 0 amide bonds. The van der Waals surface area contributed by atoms with E-state index in [1.54, 1.807) is 6.92 Å². The molecule has 15 heavy (non-hydrogen) atoms. The molecule has 0 fully saturated rings. The summed E-state index contributed by atoms with van der Waals surface area (Å²) in [7, 11) is -2.80. The highest BCUT2D eigenvalue weighted by molar-refractivity contribution is 7.91. The monoisotopic (exact) mass is 235 g/mol. The summed E-state index contributed by atoms with van der Waals surface area (Å²) in [6.07, 6.45) is 3.67. The van der Waals surface area contributed by atoms with Crippen LogP contribution in [0.25, 0.3) is 0 Å². The third-order valence-corrected chi connectivity index (χ3v) is 4.66. The van der Waals surface area contributed by atoms with Gasteiger partial charge in [-0.15, -0.1) is 0 Å². The summed E-state index contributed by atoms with van der Waals surface area (Å²) < 4.78 is 22.4. The van der Waals surface area contributed by atoms with Gasteiger partial charge in [0.1, 0.15) is 9.84 Å². The Kier molecular flexibility index (Phi) is 7.18. The van der Waals surface area contributed by atoms with Gasteiger partial charge >= 0.3 is 0 Å². The normalized spacial score (nSPS) is 16.3. The minimum Gasteiger partial charge on any atom is -0.328 e. The molecule has 0 spiro atoms. The van der Waals surface area contributed by atoms with E-state index in [4.69, 9.17) is 5.73 Å². The van der Waals surface area contributed by atoms with Gasteiger partial charge in [0.25, 0.3) is 0 Å². The summed E-state index contributed by atoms with van der Waals surface area (Å²) in [4.78, 5) is 0. The number of sulfone groups is 1. The van der Waals surface area contributed by atoms with Crippen LogP contribution in [-0.2, 0) is 9.84 Å². The summed E-state index contributed by atoms with van der Waals surface area (Å²) in [5, 5.41) is 0. The molecule has 0 aliphatic heterocycles. The lowest BCUT2D eigenvalue weighted by atomic mass is 9.97. The van der Waals surface area contributed by atoms with Crippen LogP contribution in [0.5, 0.6) is 0 Å². The summed E-state index contributed by atoms with van der Waals surface area (Å²) in [5.41, 5.74) is 5.93. The van der Waals surface area contributed by atoms with E-state index in [2.05, 4.69) is 13.8 Å². The Morgan fingerprint density at radius 2 is 1.87 bits per heavy atom. The van der Waals surface area contributed by atoms with Crippen molar-refractivity contribution in [3.8, 4) is 0 Å². The first-order valence-corrected chi connectivity index (χ1v) is 7.69. The molecule has 0 saturated carbocycles. The summed E-state index contributed by atoms with van der Waals surface area (Å²) in [5.74, 6) is 1.17. The van der Waals surface area contributed by atoms with Gasteiger partial charge in [0.2, 0.25) is 0 Å². The van der Waals surface area contributed by atoms with Gasteiger partial charge in [0, 0.05) is 11.8 Å². The van der Waals surface area contributed by atoms with Gasteiger partial charge < -0.3 is 5.73 Å². The third-order valence-electron chi connectivity index (χ3n) is 2.87. The number of nitrogens with two attached hydrogens (primary N) is 1. The number of rotatable bonds is 8. The van der Waals surface area contributed by atoms with E-state index < -0.39 is 9.84 Å². The molecule has 0 rings (SSSR count). The number of hydrogen-bond donors (Lipinski definition) is 1. The molecule has 2 atom stereocenters. The Bertz CT molecular complexity index is 249. The zero-order valence-corrected chi connectivity index (χ0v) is 11.0. The Hall–Kier alpha value is -0.0900. The summed E-state index contributed by atoms with van der Waals surface area (Å²) in [6.45, 7) is 6.02. The summed E-state index contributed by atoms with van der Waals surface area (Å²) in [6, 6.07) is 0.159.